The molecule has 2 rings (SSSR count). The molecule has 3 nitrogen and oxygen atoms in total. The van der Waals surface area contributed by atoms with Crippen LogP contribution in [0.15, 0.2) is 36.4 Å². The number of carbonyl (C=O) groups is 1. The molecular weight excluding hydrogens is 250 g/mol. The van der Waals surface area contributed by atoms with E-state index in [1.165, 1.54) is 6.07 Å². The van der Waals surface area contributed by atoms with Gasteiger partial charge >= 0.3 is 5.97 Å². The van der Waals surface area contributed by atoms with Crippen molar-refractivity contribution in [1.29, 1.82) is 5.26 Å². The van der Waals surface area contributed by atoms with E-state index in [2.05, 4.69) is 0 Å². The quantitative estimate of drug-likeness (QED) is 0.614. The molecule has 0 spiro atoms. The fourth-order valence-electron chi connectivity index (χ4n) is 1.98. The van der Waals surface area contributed by atoms with Crippen LogP contribution in [0.5, 0.6) is 5.75 Å². The minimum Gasteiger partial charge on any atom is -0.423 e. The molecule has 0 aromatic heterocycles. The van der Waals surface area contributed by atoms with Gasteiger partial charge in [0.15, 0.2) is 0 Å². The van der Waals surface area contributed by atoms with Crippen LogP contribution in [0.1, 0.15) is 32.6 Å². The molecule has 0 radical (unpaired) electrons. The highest BCUT2D eigenvalue weighted by atomic mass is 16.5. The maximum absolute atomic E-state index is 12.1. The highest BCUT2D eigenvalue weighted by Crippen LogP contribution is 2.24. The van der Waals surface area contributed by atoms with E-state index in [4.69, 9.17) is 10.00 Å². The molecule has 0 heterocycles. The number of hydrogen-bond donors (Lipinski definition) is 0. The first kappa shape index (κ1) is 13.8. The second-order valence-corrected chi connectivity index (χ2v) is 4.79. The van der Waals surface area contributed by atoms with Crippen LogP contribution in [0.2, 0.25) is 0 Å². The van der Waals surface area contributed by atoms with Crippen LogP contribution in [-0.2, 0) is 0 Å². The van der Waals surface area contributed by atoms with Gasteiger partial charge in [-0.3, -0.25) is 0 Å². The molecule has 3 heteroatoms. The number of carbonyl (C=O) groups excluding carboxylic acids is 1. The highest BCUT2D eigenvalue weighted by molar-refractivity contribution is 5.91. The average molecular weight is 265 g/mol. The summed E-state index contributed by atoms with van der Waals surface area (Å²) < 4.78 is 5.44. The first-order chi connectivity index (χ1) is 9.51. The lowest BCUT2D eigenvalue weighted by atomic mass is 10.1. The minimum absolute atomic E-state index is 0.377. The third-order valence-electron chi connectivity index (χ3n) is 3.19. The number of nitrogens with zero attached hydrogens (tertiary/aromatic N) is 1. The molecule has 2 aromatic rings. The lowest BCUT2D eigenvalue weighted by Gasteiger charge is -2.11. The van der Waals surface area contributed by atoms with E-state index in [0.29, 0.717) is 16.9 Å². The Kier molecular flexibility index (Phi) is 3.86. The van der Waals surface area contributed by atoms with E-state index in [0.717, 1.165) is 16.7 Å². The van der Waals surface area contributed by atoms with Crippen LogP contribution in [0, 0.1) is 32.1 Å². The van der Waals surface area contributed by atoms with E-state index in [9.17, 15) is 4.79 Å². The fraction of sp³-hybridized carbons (Fsp3) is 0.176. The number of rotatable bonds is 2. The zero-order valence-corrected chi connectivity index (χ0v) is 11.7. The van der Waals surface area contributed by atoms with Gasteiger partial charge in [-0.15, -0.1) is 0 Å². The summed E-state index contributed by atoms with van der Waals surface area (Å²) in [6, 6.07) is 12.4. The molecule has 0 amide bonds. The summed E-state index contributed by atoms with van der Waals surface area (Å²) in [5.74, 6) is 0.116. The Morgan fingerprint density at radius 2 is 1.90 bits per heavy atom. The molecule has 0 aliphatic heterocycles. The van der Waals surface area contributed by atoms with Gasteiger partial charge in [0.1, 0.15) is 5.75 Å². The molecule has 0 unspecified atom stereocenters. The van der Waals surface area contributed by atoms with E-state index in [1.54, 1.807) is 18.2 Å². The first-order valence-corrected chi connectivity index (χ1v) is 6.31. The molecule has 0 atom stereocenters. The number of aryl methyl sites for hydroxylation is 2. The van der Waals surface area contributed by atoms with Crippen molar-refractivity contribution in [2.24, 2.45) is 0 Å². The van der Waals surface area contributed by atoms with Gasteiger partial charge < -0.3 is 4.74 Å². The molecule has 0 aliphatic carbocycles. The molecule has 0 saturated heterocycles. The Morgan fingerprint density at radius 3 is 2.60 bits per heavy atom. The van der Waals surface area contributed by atoms with Gasteiger partial charge in [-0.2, -0.15) is 5.26 Å². The van der Waals surface area contributed by atoms with Crippen molar-refractivity contribution in [2.45, 2.75) is 20.8 Å². The molecule has 0 N–H and O–H groups in total. The normalized spacial score (nSPS) is 9.90. The number of esters is 1. The zero-order valence-electron chi connectivity index (χ0n) is 11.7. The van der Waals surface area contributed by atoms with Gasteiger partial charge in [-0.05, 0) is 61.7 Å². The summed E-state index contributed by atoms with van der Waals surface area (Å²) in [6.07, 6.45) is 0. The Hall–Kier alpha value is -2.60. The summed E-state index contributed by atoms with van der Waals surface area (Å²) in [5, 5.41) is 8.85. The van der Waals surface area contributed by atoms with E-state index < -0.39 is 5.97 Å². The standard InChI is InChI=1S/C17H15NO2/c1-11-7-12(2)13(3)16(8-11)20-17(19)15-6-4-5-14(9-15)10-18/h4-9H,1-3H3. The van der Waals surface area contributed by atoms with Gasteiger partial charge in [-0.25, -0.2) is 4.79 Å². The van der Waals surface area contributed by atoms with Gasteiger partial charge in [-0.1, -0.05) is 12.1 Å². The van der Waals surface area contributed by atoms with Crippen LogP contribution in [-0.4, -0.2) is 5.97 Å². The van der Waals surface area contributed by atoms with Crippen LogP contribution in [0.25, 0.3) is 0 Å². The van der Waals surface area contributed by atoms with Crippen molar-refractivity contribution in [3.05, 3.63) is 64.2 Å². The number of benzene rings is 2. The number of hydrogen-bond acceptors (Lipinski definition) is 3. The van der Waals surface area contributed by atoms with Gasteiger partial charge in [0.2, 0.25) is 0 Å². The Balaban J connectivity index is 2.30. The molecule has 100 valence electrons. The second kappa shape index (κ2) is 5.58. The summed E-state index contributed by atoms with van der Waals surface area (Å²) in [4.78, 5) is 12.1. The van der Waals surface area contributed by atoms with E-state index in [1.807, 2.05) is 39.0 Å². The van der Waals surface area contributed by atoms with Crippen molar-refractivity contribution >= 4 is 5.97 Å². The van der Waals surface area contributed by atoms with Gasteiger partial charge in [0.25, 0.3) is 0 Å². The smallest absolute Gasteiger partial charge is 0.343 e. The first-order valence-electron chi connectivity index (χ1n) is 6.31. The summed E-state index contributed by atoms with van der Waals surface area (Å²) >= 11 is 0. The summed E-state index contributed by atoms with van der Waals surface area (Å²) in [5.41, 5.74) is 3.89. The predicted octanol–water partition coefficient (Wildman–Crippen LogP) is 3.70. The van der Waals surface area contributed by atoms with E-state index >= 15 is 0 Å². The molecule has 0 aliphatic rings. The Labute approximate surface area is 118 Å². The fourth-order valence-corrected chi connectivity index (χ4v) is 1.98. The lowest BCUT2D eigenvalue weighted by Crippen LogP contribution is -2.10. The van der Waals surface area contributed by atoms with Crippen molar-refractivity contribution in [2.75, 3.05) is 0 Å². The maximum atomic E-state index is 12.1. The zero-order chi connectivity index (χ0) is 14.7. The Morgan fingerprint density at radius 1 is 1.15 bits per heavy atom. The van der Waals surface area contributed by atoms with Crippen molar-refractivity contribution in [1.82, 2.24) is 0 Å². The largest absolute Gasteiger partial charge is 0.423 e. The number of nitriles is 1. The predicted molar refractivity (Wildman–Crippen MR) is 76.8 cm³/mol. The van der Waals surface area contributed by atoms with Crippen LogP contribution in [0.3, 0.4) is 0 Å². The molecule has 20 heavy (non-hydrogen) atoms. The minimum atomic E-state index is -0.449. The van der Waals surface area contributed by atoms with Crippen LogP contribution in [0.4, 0.5) is 0 Å². The molecular formula is C17H15NO2. The topological polar surface area (TPSA) is 50.1 Å². The molecule has 2 aromatic carbocycles. The third kappa shape index (κ3) is 2.86. The molecule has 0 bridgehead atoms. The third-order valence-corrected chi connectivity index (χ3v) is 3.19. The molecule has 0 fully saturated rings. The number of ether oxygens (including phenoxy) is 1. The van der Waals surface area contributed by atoms with E-state index in [-0.39, 0.29) is 0 Å². The van der Waals surface area contributed by atoms with Crippen LogP contribution < -0.4 is 4.74 Å². The SMILES string of the molecule is Cc1cc(C)c(C)c(OC(=O)c2cccc(C#N)c2)c1. The molecule has 0 saturated carbocycles. The average Bonchev–Trinajstić information content (AvgIpc) is 2.44. The monoisotopic (exact) mass is 265 g/mol. The highest BCUT2D eigenvalue weighted by Gasteiger charge is 2.12. The van der Waals surface area contributed by atoms with Gasteiger partial charge in [0.05, 0.1) is 17.2 Å². The Bertz CT molecular complexity index is 711. The second-order valence-electron chi connectivity index (χ2n) is 4.79. The maximum Gasteiger partial charge on any atom is 0.343 e. The van der Waals surface area contributed by atoms with Gasteiger partial charge in [0, 0.05) is 0 Å². The van der Waals surface area contributed by atoms with Crippen molar-refractivity contribution in [3.8, 4) is 11.8 Å². The summed E-state index contributed by atoms with van der Waals surface area (Å²) in [6.45, 7) is 5.86. The lowest BCUT2D eigenvalue weighted by molar-refractivity contribution is 0.0733. The van der Waals surface area contributed by atoms with Crippen molar-refractivity contribution < 1.29 is 9.53 Å². The van der Waals surface area contributed by atoms with Crippen molar-refractivity contribution in [3.63, 3.8) is 0 Å². The van der Waals surface area contributed by atoms with Crippen LogP contribution >= 0.6 is 0 Å². The summed E-state index contributed by atoms with van der Waals surface area (Å²) in [7, 11) is 0.